The zero-order valence-electron chi connectivity index (χ0n) is 18.6. The molecule has 1 atom stereocenters. The summed E-state index contributed by atoms with van der Waals surface area (Å²) in [5.74, 6) is 0.572. The van der Waals surface area contributed by atoms with Crippen LogP contribution >= 0.6 is 0 Å². The van der Waals surface area contributed by atoms with Gasteiger partial charge in [-0.2, -0.15) is 0 Å². The summed E-state index contributed by atoms with van der Waals surface area (Å²) in [7, 11) is 1.77. The first-order chi connectivity index (χ1) is 14.1. The van der Waals surface area contributed by atoms with Gasteiger partial charge in [0.15, 0.2) is 6.10 Å². The summed E-state index contributed by atoms with van der Waals surface area (Å²) in [6, 6.07) is 15.6. The molecule has 1 N–H and O–H groups in total. The molecule has 0 bridgehead atoms. The molecule has 2 aromatic rings. The third-order valence-electron chi connectivity index (χ3n) is 5.29. The number of hydrogen-bond donors (Lipinski definition) is 1. The van der Waals surface area contributed by atoms with E-state index in [1.807, 2.05) is 42.5 Å². The summed E-state index contributed by atoms with van der Waals surface area (Å²) in [5, 5.41) is 2.98. The van der Waals surface area contributed by atoms with Gasteiger partial charge in [0.05, 0.1) is 0 Å². The van der Waals surface area contributed by atoms with Crippen LogP contribution in [0.25, 0.3) is 0 Å². The Kier molecular flexibility index (Phi) is 6.49. The molecule has 3 rings (SSSR count). The first-order valence-electron chi connectivity index (χ1n) is 10.6. The van der Waals surface area contributed by atoms with Crippen LogP contribution in [0.4, 0.5) is 0 Å². The van der Waals surface area contributed by atoms with Crippen LogP contribution in [-0.2, 0) is 16.8 Å². The molecule has 160 valence electrons. The Hall–Kier alpha value is -2.82. The molecule has 1 fully saturated rings. The van der Waals surface area contributed by atoms with Gasteiger partial charge in [0, 0.05) is 25.2 Å². The van der Waals surface area contributed by atoms with Crippen molar-refractivity contribution in [2.75, 3.05) is 7.05 Å². The molecule has 0 unspecified atom stereocenters. The summed E-state index contributed by atoms with van der Waals surface area (Å²) in [6.45, 7) is 8.67. The maximum absolute atomic E-state index is 12.8. The van der Waals surface area contributed by atoms with Crippen LogP contribution in [0, 0.1) is 0 Å². The number of hydrogen-bond acceptors (Lipinski definition) is 3. The lowest BCUT2D eigenvalue weighted by Crippen LogP contribution is -2.37. The highest BCUT2D eigenvalue weighted by Gasteiger charge is 2.24. The van der Waals surface area contributed by atoms with Gasteiger partial charge in [-0.3, -0.25) is 9.59 Å². The third kappa shape index (κ3) is 5.85. The van der Waals surface area contributed by atoms with Gasteiger partial charge in [0.2, 0.25) is 0 Å². The molecule has 0 aromatic heterocycles. The normalized spacial score (nSPS) is 14.7. The van der Waals surface area contributed by atoms with Gasteiger partial charge in [0.25, 0.3) is 11.8 Å². The number of ether oxygens (including phenoxy) is 1. The second-order valence-electron chi connectivity index (χ2n) is 9.18. The predicted molar refractivity (Wildman–Crippen MR) is 119 cm³/mol. The van der Waals surface area contributed by atoms with Gasteiger partial charge in [-0.25, -0.2) is 0 Å². The second-order valence-corrected chi connectivity index (χ2v) is 9.18. The van der Waals surface area contributed by atoms with E-state index in [0.29, 0.717) is 23.9 Å². The van der Waals surface area contributed by atoms with Crippen LogP contribution in [0.1, 0.15) is 62.0 Å². The number of carbonyl (C=O) groups excluding carboxylic acids is 2. The monoisotopic (exact) mass is 408 g/mol. The number of carbonyl (C=O) groups is 2. The number of benzene rings is 2. The second kappa shape index (κ2) is 8.90. The van der Waals surface area contributed by atoms with E-state index in [4.69, 9.17) is 4.74 Å². The molecule has 0 heterocycles. The minimum atomic E-state index is -0.589. The Morgan fingerprint density at radius 1 is 1.13 bits per heavy atom. The minimum Gasteiger partial charge on any atom is -0.481 e. The number of likely N-dealkylation sites (N-methyl/N-ethyl adjacent to an activating group) is 1. The Bertz CT molecular complexity index is 895. The van der Waals surface area contributed by atoms with E-state index in [1.54, 1.807) is 18.9 Å². The van der Waals surface area contributed by atoms with Crippen molar-refractivity contribution < 1.29 is 14.3 Å². The molecule has 1 saturated carbocycles. The fourth-order valence-corrected chi connectivity index (χ4v) is 3.21. The minimum absolute atomic E-state index is 0.0190. The standard InChI is InChI=1S/C25H32N2O3/c1-17(30-22-8-6-7-20(15-22)25(2,3)4)24(29)27(5)16-18-9-11-19(12-10-18)23(28)26-21-13-14-21/h6-12,15,17,21H,13-14,16H2,1-5H3,(H,26,28)/t17-/m1/s1. The number of rotatable bonds is 7. The third-order valence-corrected chi connectivity index (χ3v) is 5.29. The Morgan fingerprint density at radius 2 is 1.80 bits per heavy atom. The van der Waals surface area contributed by atoms with Crippen molar-refractivity contribution in [1.29, 1.82) is 0 Å². The average molecular weight is 409 g/mol. The largest absolute Gasteiger partial charge is 0.481 e. The summed E-state index contributed by atoms with van der Waals surface area (Å²) in [5.41, 5.74) is 2.80. The van der Waals surface area contributed by atoms with E-state index < -0.39 is 6.10 Å². The van der Waals surface area contributed by atoms with Crippen molar-refractivity contribution in [3.63, 3.8) is 0 Å². The highest BCUT2D eigenvalue weighted by Crippen LogP contribution is 2.26. The highest BCUT2D eigenvalue weighted by molar-refractivity contribution is 5.94. The van der Waals surface area contributed by atoms with Crippen molar-refractivity contribution in [3.8, 4) is 5.75 Å². The molecule has 2 amide bonds. The number of nitrogens with zero attached hydrogens (tertiary/aromatic N) is 1. The van der Waals surface area contributed by atoms with Crippen LogP contribution in [0.5, 0.6) is 5.75 Å². The SMILES string of the molecule is C[C@@H](Oc1cccc(C(C)(C)C)c1)C(=O)N(C)Cc1ccc(C(=O)NC2CC2)cc1. The smallest absolute Gasteiger partial charge is 0.263 e. The van der Waals surface area contributed by atoms with Crippen LogP contribution in [0.2, 0.25) is 0 Å². The van der Waals surface area contributed by atoms with Gasteiger partial charge < -0.3 is 15.0 Å². The van der Waals surface area contributed by atoms with Gasteiger partial charge in [0.1, 0.15) is 5.75 Å². The fourth-order valence-electron chi connectivity index (χ4n) is 3.21. The van der Waals surface area contributed by atoms with E-state index in [9.17, 15) is 9.59 Å². The van der Waals surface area contributed by atoms with Gasteiger partial charge >= 0.3 is 0 Å². The molecule has 1 aliphatic carbocycles. The molecule has 0 aliphatic heterocycles. The van der Waals surface area contributed by atoms with Crippen molar-refractivity contribution in [2.45, 2.75) is 64.6 Å². The van der Waals surface area contributed by atoms with Gasteiger partial charge in [-0.05, 0) is 60.6 Å². The highest BCUT2D eigenvalue weighted by atomic mass is 16.5. The first-order valence-corrected chi connectivity index (χ1v) is 10.6. The van der Waals surface area contributed by atoms with Crippen molar-refractivity contribution in [3.05, 3.63) is 65.2 Å². The maximum atomic E-state index is 12.8. The van der Waals surface area contributed by atoms with Crippen molar-refractivity contribution >= 4 is 11.8 Å². The molecular formula is C25H32N2O3. The van der Waals surface area contributed by atoms with E-state index in [-0.39, 0.29) is 17.2 Å². The lowest BCUT2D eigenvalue weighted by molar-refractivity contribution is -0.137. The quantitative estimate of drug-likeness (QED) is 0.743. The first kappa shape index (κ1) is 21.9. The molecule has 5 heteroatoms. The topological polar surface area (TPSA) is 58.6 Å². The Balaban J connectivity index is 1.56. The fraction of sp³-hybridized carbons (Fsp3) is 0.440. The lowest BCUT2D eigenvalue weighted by atomic mass is 9.87. The molecular weight excluding hydrogens is 376 g/mol. The zero-order valence-corrected chi connectivity index (χ0v) is 18.6. The summed E-state index contributed by atoms with van der Waals surface area (Å²) >= 11 is 0. The maximum Gasteiger partial charge on any atom is 0.263 e. The number of amides is 2. The van der Waals surface area contributed by atoms with Crippen LogP contribution in [0.15, 0.2) is 48.5 Å². The van der Waals surface area contributed by atoms with E-state index in [1.165, 1.54) is 5.56 Å². The van der Waals surface area contributed by atoms with E-state index in [0.717, 1.165) is 18.4 Å². The van der Waals surface area contributed by atoms with Crippen LogP contribution < -0.4 is 10.1 Å². The predicted octanol–water partition coefficient (Wildman–Crippen LogP) is 4.30. The van der Waals surface area contributed by atoms with Crippen LogP contribution in [-0.4, -0.2) is 35.9 Å². The van der Waals surface area contributed by atoms with Gasteiger partial charge in [-0.1, -0.05) is 45.0 Å². The average Bonchev–Trinajstić information content (AvgIpc) is 3.51. The van der Waals surface area contributed by atoms with Crippen LogP contribution in [0.3, 0.4) is 0 Å². The van der Waals surface area contributed by atoms with E-state index >= 15 is 0 Å². The molecule has 5 nitrogen and oxygen atoms in total. The molecule has 0 spiro atoms. The molecule has 2 aromatic carbocycles. The lowest BCUT2D eigenvalue weighted by Gasteiger charge is -2.24. The Morgan fingerprint density at radius 3 is 2.40 bits per heavy atom. The zero-order chi connectivity index (χ0) is 21.9. The molecule has 30 heavy (non-hydrogen) atoms. The van der Waals surface area contributed by atoms with E-state index in [2.05, 4.69) is 32.2 Å². The van der Waals surface area contributed by atoms with Gasteiger partial charge in [-0.15, -0.1) is 0 Å². The Labute approximate surface area is 179 Å². The summed E-state index contributed by atoms with van der Waals surface area (Å²) in [6.07, 6.45) is 1.54. The molecule has 0 saturated heterocycles. The number of nitrogens with one attached hydrogen (secondary N) is 1. The molecule has 0 radical (unpaired) electrons. The van der Waals surface area contributed by atoms with Crippen molar-refractivity contribution in [1.82, 2.24) is 10.2 Å². The van der Waals surface area contributed by atoms with Crippen molar-refractivity contribution in [2.24, 2.45) is 0 Å². The summed E-state index contributed by atoms with van der Waals surface area (Å²) in [4.78, 5) is 26.5. The molecule has 1 aliphatic rings. The summed E-state index contributed by atoms with van der Waals surface area (Å²) < 4.78 is 5.92.